The van der Waals surface area contributed by atoms with E-state index in [-0.39, 0.29) is 12.6 Å². The van der Waals surface area contributed by atoms with E-state index in [9.17, 15) is 0 Å². The van der Waals surface area contributed by atoms with E-state index < -0.39 is 0 Å². The Bertz CT molecular complexity index is 899. The van der Waals surface area contributed by atoms with Crippen LogP contribution in [0.4, 0.5) is 0 Å². The number of benzene rings is 1. The molecule has 3 aromatic rings. The minimum Gasteiger partial charge on any atom is -0.485 e. The van der Waals surface area contributed by atoms with E-state index in [1.807, 2.05) is 48.0 Å². The van der Waals surface area contributed by atoms with Crippen molar-refractivity contribution in [2.24, 2.45) is 0 Å². The Labute approximate surface area is 158 Å². The molecule has 7 nitrogen and oxygen atoms in total. The van der Waals surface area contributed by atoms with Crippen molar-refractivity contribution in [2.45, 2.75) is 33.4 Å². The number of pyridine rings is 1. The van der Waals surface area contributed by atoms with Gasteiger partial charge in [0.15, 0.2) is 11.6 Å². The Hall–Kier alpha value is -3.09. The predicted octanol–water partition coefficient (Wildman–Crippen LogP) is 3.83. The molecule has 0 radical (unpaired) electrons. The predicted molar refractivity (Wildman–Crippen MR) is 102 cm³/mol. The summed E-state index contributed by atoms with van der Waals surface area (Å²) >= 11 is 0. The summed E-state index contributed by atoms with van der Waals surface area (Å²) < 4.78 is 18.3. The van der Waals surface area contributed by atoms with Gasteiger partial charge in [-0.2, -0.15) is 10.1 Å². The molecule has 0 aliphatic carbocycles. The average molecular weight is 368 g/mol. The maximum atomic E-state index is 5.90. The van der Waals surface area contributed by atoms with Gasteiger partial charge >= 0.3 is 0 Å². The quantitative estimate of drug-likeness (QED) is 0.631. The number of aryl methyl sites for hydroxylation is 1. The summed E-state index contributed by atoms with van der Waals surface area (Å²) in [6.07, 6.45) is 0. The lowest BCUT2D eigenvalue weighted by Gasteiger charge is -2.11. The fraction of sp³-hybridized carbons (Fsp3) is 0.350. The molecule has 0 amide bonds. The lowest BCUT2D eigenvalue weighted by Crippen LogP contribution is -2.06. The Morgan fingerprint density at radius 2 is 1.67 bits per heavy atom. The van der Waals surface area contributed by atoms with E-state index in [0.29, 0.717) is 23.4 Å². The molecule has 142 valence electrons. The van der Waals surface area contributed by atoms with E-state index in [2.05, 4.69) is 28.9 Å². The van der Waals surface area contributed by atoms with Crippen molar-refractivity contribution in [3.05, 3.63) is 47.8 Å². The molecule has 0 saturated heterocycles. The molecule has 2 heterocycles. The molecule has 1 aromatic carbocycles. The van der Waals surface area contributed by atoms with Crippen molar-refractivity contribution in [2.75, 3.05) is 14.2 Å². The molecule has 7 heteroatoms. The van der Waals surface area contributed by atoms with E-state index in [1.54, 1.807) is 14.2 Å². The summed E-state index contributed by atoms with van der Waals surface area (Å²) in [6.45, 7) is 6.41. The Morgan fingerprint density at radius 3 is 2.26 bits per heavy atom. The minimum atomic E-state index is 0.130. The van der Waals surface area contributed by atoms with Crippen LogP contribution in [0.1, 0.15) is 31.3 Å². The number of hydrogen-bond acceptors (Lipinski definition) is 6. The van der Waals surface area contributed by atoms with Gasteiger partial charge in [-0.3, -0.25) is 0 Å². The SMILES string of the molecule is COc1cc(-c2nc(COc3ccccc3C)nn2C(C)C)cc(OC)n1. The van der Waals surface area contributed by atoms with Crippen LogP contribution in [0.2, 0.25) is 0 Å². The maximum absolute atomic E-state index is 5.90. The number of methoxy groups -OCH3 is 2. The zero-order valence-electron chi connectivity index (χ0n) is 16.3. The largest absolute Gasteiger partial charge is 0.485 e. The van der Waals surface area contributed by atoms with Gasteiger partial charge in [-0.1, -0.05) is 18.2 Å². The summed E-state index contributed by atoms with van der Waals surface area (Å²) in [5.74, 6) is 3.07. The summed E-state index contributed by atoms with van der Waals surface area (Å²) in [6, 6.07) is 11.6. The van der Waals surface area contributed by atoms with Gasteiger partial charge in [-0.25, -0.2) is 9.67 Å². The fourth-order valence-corrected chi connectivity index (χ4v) is 2.67. The van der Waals surface area contributed by atoms with Gasteiger partial charge in [0.05, 0.1) is 14.2 Å². The highest BCUT2D eigenvalue weighted by molar-refractivity contribution is 5.58. The second kappa shape index (κ2) is 8.07. The second-order valence-electron chi connectivity index (χ2n) is 6.38. The molecular weight excluding hydrogens is 344 g/mol. The average Bonchev–Trinajstić information content (AvgIpc) is 3.11. The van der Waals surface area contributed by atoms with Crippen molar-refractivity contribution in [1.29, 1.82) is 0 Å². The molecule has 0 fully saturated rings. The van der Waals surface area contributed by atoms with Crippen molar-refractivity contribution in [3.8, 4) is 28.9 Å². The Kier molecular flexibility index (Phi) is 5.59. The number of hydrogen-bond donors (Lipinski definition) is 0. The van der Waals surface area contributed by atoms with Gasteiger partial charge in [0.25, 0.3) is 0 Å². The summed E-state index contributed by atoms with van der Waals surface area (Å²) in [4.78, 5) is 8.92. The van der Waals surface area contributed by atoms with Gasteiger partial charge in [-0.15, -0.1) is 0 Å². The lowest BCUT2D eigenvalue weighted by atomic mass is 10.2. The molecule has 0 aliphatic heterocycles. The molecule has 3 rings (SSSR count). The van der Waals surface area contributed by atoms with Crippen molar-refractivity contribution >= 4 is 0 Å². The van der Waals surface area contributed by atoms with Crippen LogP contribution in [0, 0.1) is 6.92 Å². The van der Waals surface area contributed by atoms with E-state index >= 15 is 0 Å². The smallest absolute Gasteiger partial charge is 0.216 e. The first-order valence-corrected chi connectivity index (χ1v) is 8.76. The molecule has 0 atom stereocenters. The Balaban J connectivity index is 1.93. The van der Waals surface area contributed by atoms with Crippen molar-refractivity contribution in [1.82, 2.24) is 19.7 Å². The maximum Gasteiger partial charge on any atom is 0.216 e. The second-order valence-corrected chi connectivity index (χ2v) is 6.38. The van der Waals surface area contributed by atoms with Gasteiger partial charge in [0, 0.05) is 23.7 Å². The molecule has 27 heavy (non-hydrogen) atoms. The number of para-hydroxylation sites is 1. The van der Waals surface area contributed by atoms with E-state index in [0.717, 1.165) is 16.9 Å². The fourth-order valence-electron chi connectivity index (χ4n) is 2.67. The van der Waals surface area contributed by atoms with Crippen LogP contribution in [0.25, 0.3) is 11.4 Å². The van der Waals surface area contributed by atoms with Crippen molar-refractivity contribution < 1.29 is 14.2 Å². The number of aromatic nitrogens is 4. The van der Waals surface area contributed by atoms with Crippen LogP contribution in [0.3, 0.4) is 0 Å². The van der Waals surface area contributed by atoms with E-state index in [4.69, 9.17) is 14.2 Å². The summed E-state index contributed by atoms with van der Waals surface area (Å²) in [5.41, 5.74) is 1.90. The molecule has 0 saturated carbocycles. The third-order valence-corrected chi connectivity index (χ3v) is 4.07. The lowest BCUT2D eigenvalue weighted by molar-refractivity contribution is 0.292. The highest BCUT2D eigenvalue weighted by Crippen LogP contribution is 2.27. The van der Waals surface area contributed by atoms with Crippen LogP contribution in [-0.2, 0) is 6.61 Å². The summed E-state index contributed by atoms with van der Waals surface area (Å²) in [5, 5.41) is 4.62. The minimum absolute atomic E-state index is 0.130. The van der Waals surface area contributed by atoms with Gasteiger partial charge in [-0.05, 0) is 32.4 Å². The van der Waals surface area contributed by atoms with Crippen LogP contribution in [0.15, 0.2) is 36.4 Å². The third-order valence-electron chi connectivity index (χ3n) is 4.07. The normalized spacial score (nSPS) is 10.9. The molecule has 0 spiro atoms. The van der Waals surface area contributed by atoms with Crippen LogP contribution < -0.4 is 14.2 Å². The standard InChI is InChI=1S/C20H24N4O3/c1-13(2)24-20(15-10-18(25-4)22-19(11-15)26-5)21-17(23-24)12-27-16-9-7-6-8-14(16)3/h6-11,13H,12H2,1-5H3. The highest BCUT2D eigenvalue weighted by Gasteiger charge is 2.17. The molecule has 0 unspecified atom stereocenters. The zero-order valence-corrected chi connectivity index (χ0v) is 16.3. The number of rotatable bonds is 7. The number of ether oxygens (including phenoxy) is 3. The van der Waals surface area contributed by atoms with Gasteiger partial charge < -0.3 is 14.2 Å². The molecule has 0 N–H and O–H groups in total. The third kappa shape index (κ3) is 4.19. The van der Waals surface area contributed by atoms with E-state index in [1.165, 1.54) is 0 Å². The zero-order chi connectivity index (χ0) is 19.4. The first-order chi connectivity index (χ1) is 13.0. The van der Waals surface area contributed by atoms with Crippen LogP contribution >= 0.6 is 0 Å². The molecule has 0 bridgehead atoms. The first-order valence-electron chi connectivity index (χ1n) is 8.76. The van der Waals surface area contributed by atoms with Crippen molar-refractivity contribution in [3.63, 3.8) is 0 Å². The van der Waals surface area contributed by atoms with Gasteiger partial charge in [0.1, 0.15) is 12.4 Å². The number of nitrogens with zero attached hydrogens (tertiary/aromatic N) is 4. The topological polar surface area (TPSA) is 71.3 Å². The Morgan fingerprint density at radius 1 is 1.00 bits per heavy atom. The van der Waals surface area contributed by atoms with Crippen LogP contribution in [0.5, 0.6) is 17.5 Å². The first kappa shape index (κ1) is 18.7. The monoisotopic (exact) mass is 368 g/mol. The molecule has 0 aliphatic rings. The molecule has 2 aromatic heterocycles. The van der Waals surface area contributed by atoms with Gasteiger partial charge in [0.2, 0.25) is 11.8 Å². The molecular formula is C20H24N4O3. The summed E-state index contributed by atoms with van der Waals surface area (Å²) in [7, 11) is 3.14. The van der Waals surface area contributed by atoms with Crippen LogP contribution in [-0.4, -0.2) is 34.0 Å². The highest BCUT2D eigenvalue weighted by atomic mass is 16.5.